The minimum atomic E-state index is -0.182. The fourth-order valence-corrected chi connectivity index (χ4v) is 2.59. The average Bonchev–Trinajstić information content (AvgIpc) is 2.29. The molecule has 1 aliphatic rings. The first-order valence-corrected chi connectivity index (χ1v) is 6.61. The van der Waals surface area contributed by atoms with E-state index in [2.05, 4.69) is 12.1 Å². The van der Waals surface area contributed by atoms with Crippen molar-refractivity contribution in [3.63, 3.8) is 0 Å². The van der Waals surface area contributed by atoms with Gasteiger partial charge in [0.1, 0.15) is 5.75 Å². The van der Waals surface area contributed by atoms with Crippen LogP contribution in [0.2, 0.25) is 0 Å². The van der Waals surface area contributed by atoms with Crippen molar-refractivity contribution in [2.24, 2.45) is 0 Å². The fraction of sp³-hybridized carbons (Fsp3) is 0.600. The number of ether oxygens (including phenoxy) is 1. The van der Waals surface area contributed by atoms with Crippen LogP contribution in [0, 0.1) is 0 Å². The molecule has 1 N–H and O–H groups in total. The summed E-state index contributed by atoms with van der Waals surface area (Å²) in [5.41, 5.74) is 1.22. The van der Waals surface area contributed by atoms with Crippen molar-refractivity contribution >= 4 is 0 Å². The van der Waals surface area contributed by atoms with Gasteiger partial charge in [0, 0.05) is 5.92 Å². The van der Waals surface area contributed by atoms with Crippen molar-refractivity contribution in [1.29, 1.82) is 0 Å². The van der Waals surface area contributed by atoms with E-state index in [1.165, 1.54) is 12.0 Å². The molecule has 0 radical (unpaired) electrons. The number of rotatable bonds is 3. The third-order valence-corrected chi connectivity index (χ3v) is 3.39. The zero-order valence-corrected chi connectivity index (χ0v) is 10.7. The van der Waals surface area contributed by atoms with Gasteiger partial charge in [-0.1, -0.05) is 25.0 Å². The maximum atomic E-state index is 10.1. The highest BCUT2D eigenvalue weighted by Gasteiger charge is 2.24. The van der Waals surface area contributed by atoms with Crippen molar-refractivity contribution in [1.82, 2.24) is 0 Å². The van der Waals surface area contributed by atoms with Crippen molar-refractivity contribution in [3.05, 3.63) is 29.8 Å². The van der Waals surface area contributed by atoms with E-state index in [-0.39, 0.29) is 12.2 Å². The molecule has 0 bridgehead atoms. The molecule has 0 aliphatic heterocycles. The van der Waals surface area contributed by atoms with Crippen LogP contribution >= 0.6 is 0 Å². The number of benzene rings is 1. The van der Waals surface area contributed by atoms with Crippen LogP contribution in [0.1, 0.15) is 51.0 Å². The third-order valence-electron chi connectivity index (χ3n) is 3.39. The van der Waals surface area contributed by atoms with Crippen LogP contribution < -0.4 is 4.74 Å². The van der Waals surface area contributed by atoms with E-state index in [1.807, 2.05) is 26.0 Å². The molecule has 1 aliphatic carbocycles. The molecule has 2 atom stereocenters. The molecule has 2 nitrogen and oxygen atoms in total. The Balaban J connectivity index is 2.14. The lowest BCUT2D eigenvalue weighted by atomic mass is 9.82. The Morgan fingerprint density at radius 2 is 2.00 bits per heavy atom. The van der Waals surface area contributed by atoms with E-state index >= 15 is 0 Å². The Labute approximate surface area is 104 Å². The Bertz CT molecular complexity index is 360. The second kappa shape index (κ2) is 5.54. The standard InChI is InChI=1S/C15H22O2/c1-11(2)17-13-7-5-6-12(10-13)14-8-3-4-9-15(14)16/h5-7,10-11,14-16H,3-4,8-9H2,1-2H3. The molecule has 2 heteroatoms. The molecule has 94 valence electrons. The molecule has 0 spiro atoms. The minimum absolute atomic E-state index is 0.182. The van der Waals surface area contributed by atoms with Crippen LogP contribution in [0.25, 0.3) is 0 Å². The number of hydrogen-bond acceptors (Lipinski definition) is 2. The van der Waals surface area contributed by atoms with E-state index in [9.17, 15) is 5.11 Å². The molecule has 0 saturated heterocycles. The van der Waals surface area contributed by atoms with Gasteiger partial charge in [0.25, 0.3) is 0 Å². The van der Waals surface area contributed by atoms with Gasteiger partial charge in [0.15, 0.2) is 0 Å². The molecule has 1 aromatic rings. The van der Waals surface area contributed by atoms with Gasteiger partial charge >= 0.3 is 0 Å². The SMILES string of the molecule is CC(C)Oc1cccc(C2CCCCC2O)c1. The van der Waals surface area contributed by atoms with Crippen LogP contribution in [0.4, 0.5) is 0 Å². The van der Waals surface area contributed by atoms with Gasteiger partial charge < -0.3 is 9.84 Å². The van der Waals surface area contributed by atoms with Gasteiger partial charge in [0.2, 0.25) is 0 Å². The summed E-state index contributed by atoms with van der Waals surface area (Å²) in [7, 11) is 0. The predicted octanol–water partition coefficient (Wildman–Crippen LogP) is 3.49. The summed E-state index contributed by atoms with van der Waals surface area (Å²) in [5, 5.41) is 10.1. The van der Waals surface area contributed by atoms with Crippen molar-refractivity contribution < 1.29 is 9.84 Å². The van der Waals surface area contributed by atoms with E-state index in [0.717, 1.165) is 25.0 Å². The van der Waals surface area contributed by atoms with Crippen molar-refractivity contribution in [2.75, 3.05) is 0 Å². The quantitative estimate of drug-likeness (QED) is 0.867. The van der Waals surface area contributed by atoms with Crippen molar-refractivity contribution in [2.45, 2.75) is 57.7 Å². The first-order chi connectivity index (χ1) is 8.16. The van der Waals surface area contributed by atoms with Crippen LogP contribution in [0.15, 0.2) is 24.3 Å². The normalized spacial score (nSPS) is 24.9. The second-order valence-electron chi connectivity index (χ2n) is 5.20. The van der Waals surface area contributed by atoms with Gasteiger partial charge in [-0.25, -0.2) is 0 Å². The monoisotopic (exact) mass is 234 g/mol. The lowest BCUT2D eigenvalue weighted by Crippen LogP contribution is -2.22. The number of aliphatic hydroxyl groups is 1. The highest BCUT2D eigenvalue weighted by Crippen LogP contribution is 2.34. The van der Waals surface area contributed by atoms with E-state index in [0.29, 0.717) is 5.92 Å². The van der Waals surface area contributed by atoms with Gasteiger partial charge in [-0.15, -0.1) is 0 Å². The van der Waals surface area contributed by atoms with E-state index < -0.39 is 0 Å². The minimum Gasteiger partial charge on any atom is -0.491 e. The molecule has 1 aromatic carbocycles. The van der Waals surface area contributed by atoms with Gasteiger partial charge in [-0.3, -0.25) is 0 Å². The highest BCUT2D eigenvalue weighted by atomic mass is 16.5. The van der Waals surface area contributed by atoms with Gasteiger partial charge in [0.05, 0.1) is 12.2 Å². The zero-order valence-electron chi connectivity index (χ0n) is 10.7. The Hall–Kier alpha value is -1.02. The van der Waals surface area contributed by atoms with Crippen LogP contribution in [0.3, 0.4) is 0 Å². The van der Waals surface area contributed by atoms with E-state index in [4.69, 9.17) is 4.74 Å². The van der Waals surface area contributed by atoms with Crippen LogP contribution in [-0.2, 0) is 0 Å². The topological polar surface area (TPSA) is 29.5 Å². The smallest absolute Gasteiger partial charge is 0.119 e. The lowest BCUT2D eigenvalue weighted by Gasteiger charge is -2.28. The Morgan fingerprint density at radius 3 is 2.71 bits per heavy atom. The predicted molar refractivity (Wildman–Crippen MR) is 69.4 cm³/mol. The number of aliphatic hydroxyl groups excluding tert-OH is 1. The second-order valence-corrected chi connectivity index (χ2v) is 5.20. The first-order valence-electron chi connectivity index (χ1n) is 6.61. The van der Waals surface area contributed by atoms with Crippen LogP contribution in [0.5, 0.6) is 5.75 Å². The number of hydrogen-bond donors (Lipinski definition) is 1. The van der Waals surface area contributed by atoms with Gasteiger partial charge in [-0.2, -0.15) is 0 Å². The molecule has 1 fully saturated rings. The first kappa shape index (κ1) is 12.4. The molecule has 2 unspecified atom stereocenters. The molecule has 0 amide bonds. The van der Waals surface area contributed by atoms with E-state index in [1.54, 1.807) is 0 Å². The Kier molecular flexibility index (Phi) is 4.06. The van der Waals surface area contributed by atoms with Crippen molar-refractivity contribution in [3.8, 4) is 5.75 Å². The maximum absolute atomic E-state index is 10.1. The molecular formula is C15H22O2. The largest absolute Gasteiger partial charge is 0.491 e. The fourth-order valence-electron chi connectivity index (χ4n) is 2.59. The average molecular weight is 234 g/mol. The maximum Gasteiger partial charge on any atom is 0.119 e. The summed E-state index contributed by atoms with van der Waals surface area (Å²) in [6, 6.07) is 8.19. The summed E-state index contributed by atoms with van der Waals surface area (Å²) in [5.74, 6) is 1.20. The molecule has 2 rings (SSSR count). The molecule has 0 heterocycles. The molecule has 0 aromatic heterocycles. The summed E-state index contributed by atoms with van der Waals surface area (Å²) in [6.07, 6.45) is 4.41. The lowest BCUT2D eigenvalue weighted by molar-refractivity contribution is 0.106. The van der Waals surface area contributed by atoms with Gasteiger partial charge in [-0.05, 0) is 44.4 Å². The zero-order chi connectivity index (χ0) is 12.3. The molecule has 1 saturated carbocycles. The summed E-state index contributed by atoms with van der Waals surface area (Å²) < 4.78 is 5.70. The van der Waals surface area contributed by atoms with Crippen LogP contribution in [-0.4, -0.2) is 17.3 Å². The summed E-state index contributed by atoms with van der Waals surface area (Å²) in [6.45, 7) is 4.06. The highest BCUT2D eigenvalue weighted by molar-refractivity contribution is 5.31. The molecule has 17 heavy (non-hydrogen) atoms. The molecular weight excluding hydrogens is 212 g/mol. The third kappa shape index (κ3) is 3.22. The Morgan fingerprint density at radius 1 is 1.24 bits per heavy atom. The summed E-state index contributed by atoms with van der Waals surface area (Å²) >= 11 is 0. The summed E-state index contributed by atoms with van der Waals surface area (Å²) in [4.78, 5) is 0.